The molecule has 0 radical (unpaired) electrons. The first-order valence-electron chi connectivity index (χ1n) is 7.26. The first-order valence-corrected chi connectivity index (χ1v) is 7.26. The van der Waals surface area contributed by atoms with Crippen LogP contribution in [0.15, 0.2) is 0 Å². The van der Waals surface area contributed by atoms with Gasteiger partial charge in [-0.05, 0) is 63.6 Å². The largest absolute Gasteiger partial charge is 0.384 e. The number of hydrogen-bond acceptors (Lipinski definition) is 3. The molecule has 0 aromatic rings. The van der Waals surface area contributed by atoms with Gasteiger partial charge in [-0.3, -0.25) is 0 Å². The fraction of sp³-hybridized carbons (Fsp3) is 1.00. The molecule has 0 aromatic heterocycles. The first-order chi connectivity index (χ1) is 8.29. The Hall–Kier alpha value is -0.120. The molecule has 2 rings (SSSR count). The second kappa shape index (κ2) is 6.72. The van der Waals surface area contributed by atoms with Crippen LogP contribution >= 0.6 is 0 Å². The summed E-state index contributed by atoms with van der Waals surface area (Å²) in [7, 11) is 1.81. The van der Waals surface area contributed by atoms with E-state index < -0.39 is 0 Å². The van der Waals surface area contributed by atoms with Gasteiger partial charge >= 0.3 is 0 Å². The van der Waals surface area contributed by atoms with Crippen molar-refractivity contribution in [2.45, 2.75) is 44.6 Å². The van der Waals surface area contributed by atoms with Gasteiger partial charge in [0.05, 0.1) is 0 Å². The Morgan fingerprint density at radius 2 is 1.94 bits per heavy atom. The summed E-state index contributed by atoms with van der Waals surface area (Å²) in [6, 6.07) is 0.487. The monoisotopic (exact) mass is 240 g/mol. The number of ether oxygens (including phenoxy) is 1. The molecule has 1 aliphatic heterocycles. The molecule has 17 heavy (non-hydrogen) atoms. The molecule has 1 saturated heterocycles. The Labute approximate surface area is 106 Å². The topological polar surface area (TPSA) is 38.5 Å². The normalized spacial score (nSPS) is 32.1. The number of piperidine rings is 1. The first kappa shape index (κ1) is 13.3. The second-order valence-electron chi connectivity index (χ2n) is 5.88. The molecule has 1 saturated carbocycles. The predicted octanol–water partition coefficient (Wildman–Crippen LogP) is 1.86. The van der Waals surface area contributed by atoms with Gasteiger partial charge in [-0.25, -0.2) is 0 Å². The quantitative estimate of drug-likeness (QED) is 0.797. The fourth-order valence-electron chi connectivity index (χ4n) is 3.38. The average Bonchev–Trinajstić information content (AvgIpc) is 2.75. The van der Waals surface area contributed by atoms with E-state index in [1.165, 1.54) is 58.2 Å². The lowest BCUT2D eigenvalue weighted by Crippen LogP contribution is -2.37. The molecule has 0 aromatic carbocycles. The highest BCUT2D eigenvalue weighted by molar-refractivity contribution is 4.81. The van der Waals surface area contributed by atoms with Crippen molar-refractivity contribution in [3.63, 3.8) is 0 Å². The van der Waals surface area contributed by atoms with Crippen LogP contribution in [0.25, 0.3) is 0 Å². The van der Waals surface area contributed by atoms with Crippen molar-refractivity contribution in [3.8, 4) is 0 Å². The van der Waals surface area contributed by atoms with Crippen LogP contribution in [0.2, 0.25) is 0 Å². The molecule has 2 fully saturated rings. The predicted molar refractivity (Wildman–Crippen MR) is 71.0 cm³/mol. The molecule has 2 unspecified atom stereocenters. The van der Waals surface area contributed by atoms with Crippen LogP contribution in [0, 0.1) is 11.8 Å². The van der Waals surface area contributed by atoms with Gasteiger partial charge in [0.1, 0.15) is 0 Å². The summed E-state index contributed by atoms with van der Waals surface area (Å²) in [6.07, 6.45) is 7.90. The van der Waals surface area contributed by atoms with E-state index in [0.717, 1.165) is 18.4 Å². The molecule has 0 spiro atoms. The summed E-state index contributed by atoms with van der Waals surface area (Å²) >= 11 is 0. The third-order valence-corrected chi connectivity index (χ3v) is 4.64. The average molecular weight is 240 g/mol. The van der Waals surface area contributed by atoms with Crippen molar-refractivity contribution in [2.24, 2.45) is 17.6 Å². The number of nitrogens with zero attached hydrogens (tertiary/aromatic N) is 1. The van der Waals surface area contributed by atoms with Gasteiger partial charge in [-0.15, -0.1) is 0 Å². The highest BCUT2D eigenvalue weighted by Crippen LogP contribution is 2.27. The van der Waals surface area contributed by atoms with Gasteiger partial charge in [0.2, 0.25) is 0 Å². The van der Waals surface area contributed by atoms with Crippen LogP contribution in [0.5, 0.6) is 0 Å². The van der Waals surface area contributed by atoms with Crippen molar-refractivity contribution in [1.29, 1.82) is 0 Å². The fourth-order valence-corrected chi connectivity index (χ4v) is 3.38. The summed E-state index contributed by atoms with van der Waals surface area (Å²) in [5.74, 6) is 1.59. The Morgan fingerprint density at radius 1 is 1.18 bits per heavy atom. The van der Waals surface area contributed by atoms with Crippen molar-refractivity contribution >= 4 is 0 Å². The summed E-state index contributed by atoms with van der Waals surface area (Å²) in [5, 5.41) is 0. The molecule has 2 N–H and O–H groups in total. The minimum atomic E-state index is 0.487. The Bertz CT molecular complexity index is 214. The van der Waals surface area contributed by atoms with Gasteiger partial charge in [-0.2, -0.15) is 0 Å². The van der Waals surface area contributed by atoms with E-state index in [0.29, 0.717) is 6.04 Å². The van der Waals surface area contributed by atoms with Crippen LogP contribution in [-0.2, 0) is 4.74 Å². The van der Waals surface area contributed by atoms with Gasteiger partial charge < -0.3 is 15.4 Å². The maximum absolute atomic E-state index is 6.12. The zero-order valence-electron chi connectivity index (χ0n) is 11.2. The standard InChI is InChI=1S/C14H28N2O/c1-17-11-12-5-8-16(9-6-12)10-7-13-3-2-4-14(13)15/h12-14H,2-11,15H2,1H3. The molecule has 100 valence electrons. The lowest BCUT2D eigenvalue weighted by atomic mass is 9.96. The molecule has 1 heterocycles. The van der Waals surface area contributed by atoms with Crippen LogP contribution in [0.3, 0.4) is 0 Å². The van der Waals surface area contributed by atoms with E-state index in [9.17, 15) is 0 Å². The van der Waals surface area contributed by atoms with Crippen molar-refractivity contribution in [1.82, 2.24) is 4.90 Å². The van der Waals surface area contributed by atoms with E-state index in [1.54, 1.807) is 0 Å². The molecule has 3 heteroatoms. The third-order valence-electron chi connectivity index (χ3n) is 4.64. The van der Waals surface area contributed by atoms with E-state index in [1.807, 2.05) is 7.11 Å². The maximum Gasteiger partial charge on any atom is 0.0491 e. The number of rotatable bonds is 5. The van der Waals surface area contributed by atoms with E-state index in [2.05, 4.69) is 4.90 Å². The molecular weight excluding hydrogens is 212 g/mol. The molecule has 2 atom stereocenters. The summed E-state index contributed by atoms with van der Waals surface area (Å²) in [6.45, 7) is 4.73. The molecule has 3 nitrogen and oxygen atoms in total. The number of likely N-dealkylation sites (tertiary alicyclic amines) is 1. The zero-order chi connectivity index (χ0) is 12.1. The van der Waals surface area contributed by atoms with Gasteiger partial charge in [0.25, 0.3) is 0 Å². The summed E-state index contributed by atoms with van der Waals surface area (Å²) < 4.78 is 5.24. The number of hydrogen-bond donors (Lipinski definition) is 1. The van der Waals surface area contributed by atoms with Gasteiger partial charge in [0, 0.05) is 19.8 Å². The molecule has 2 aliphatic rings. The van der Waals surface area contributed by atoms with Crippen LogP contribution < -0.4 is 5.73 Å². The van der Waals surface area contributed by atoms with Crippen molar-refractivity contribution in [2.75, 3.05) is 33.4 Å². The number of methoxy groups -OCH3 is 1. The van der Waals surface area contributed by atoms with Crippen LogP contribution in [-0.4, -0.2) is 44.3 Å². The summed E-state index contributed by atoms with van der Waals surface area (Å²) in [5.41, 5.74) is 6.12. The Balaban J connectivity index is 1.61. The number of nitrogens with two attached hydrogens (primary N) is 1. The minimum absolute atomic E-state index is 0.487. The van der Waals surface area contributed by atoms with E-state index >= 15 is 0 Å². The second-order valence-corrected chi connectivity index (χ2v) is 5.88. The molecule has 0 bridgehead atoms. The highest BCUT2D eigenvalue weighted by atomic mass is 16.5. The van der Waals surface area contributed by atoms with Crippen molar-refractivity contribution in [3.05, 3.63) is 0 Å². The van der Waals surface area contributed by atoms with Crippen molar-refractivity contribution < 1.29 is 4.74 Å². The summed E-state index contributed by atoms with van der Waals surface area (Å²) in [4.78, 5) is 2.62. The van der Waals surface area contributed by atoms with Gasteiger partial charge in [-0.1, -0.05) is 6.42 Å². The maximum atomic E-state index is 6.12. The Kier molecular flexibility index (Phi) is 5.26. The van der Waals surface area contributed by atoms with Gasteiger partial charge in [0.15, 0.2) is 0 Å². The molecular formula is C14H28N2O. The lowest BCUT2D eigenvalue weighted by Gasteiger charge is -2.32. The third kappa shape index (κ3) is 3.94. The minimum Gasteiger partial charge on any atom is -0.384 e. The SMILES string of the molecule is COCC1CCN(CCC2CCCC2N)CC1. The van der Waals surface area contributed by atoms with Crippen LogP contribution in [0.1, 0.15) is 38.5 Å². The highest BCUT2D eigenvalue weighted by Gasteiger charge is 2.25. The molecule has 1 aliphatic carbocycles. The van der Waals surface area contributed by atoms with E-state index in [-0.39, 0.29) is 0 Å². The molecule has 0 amide bonds. The zero-order valence-corrected chi connectivity index (χ0v) is 11.2. The Morgan fingerprint density at radius 3 is 2.53 bits per heavy atom. The smallest absolute Gasteiger partial charge is 0.0491 e. The lowest BCUT2D eigenvalue weighted by molar-refractivity contribution is 0.0967. The van der Waals surface area contributed by atoms with E-state index in [4.69, 9.17) is 10.5 Å². The van der Waals surface area contributed by atoms with Crippen LogP contribution in [0.4, 0.5) is 0 Å².